The molecule has 2 heterocycles. The summed E-state index contributed by atoms with van der Waals surface area (Å²) in [5.74, 6) is 0.615. The first-order chi connectivity index (χ1) is 11.7. The van der Waals surface area contributed by atoms with Crippen molar-refractivity contribution in [3.05, 3.63) is 48.7 Å². The normalized spacial score (nSPS) is 17.5. The summed E-state index contributed by atoms with van der Waals surface area (Å²) in [6, 6.07) is 6.17. The molecule has 24 heavy (non-hydrogen) atoms. The van der Waals surface area contributed by atoms with E-state index in [1.165, 1.54) is 23.9 Å². The highest BCUT2D eigenvalue weighted by atomic mass is 32.2. The molecule has 5 nitrogen and oxygen atoms in total. The van der Waals surface area contributed by atoms with E-state index in [4.69, 9.17) is 4.74 Å². The van der Waals surface area contributed by atoms with Crippen molar-refractivity contribution in [2.45, 2.75) is 23.8 Å². The summed E-state index contributed by atoms with van der Waals surface area (Å²) in [4.78, 5) is 23.2. The Hall–Kier alpha value is -2.15. The number of nitrogens with zero attached hydrogens (tertiary/aromatic N) is 3. The second kappa shape index (κ2) is 8.10. The molecule has 7 heteroatoms. The molecule has 0 radical (unpaired) electrons. The summed E-state index contributed by atoms with van der Waals surface area (Å²) < 4.78 is 18.7. The molecule has 1 fully saturated rings. The molecule has 1 amide bonds. The Bertz CT molecular complexity index is 669. The fourth-order valence-corrected chi connectivity index (χ4v) is 3.35. The van der Waals surface area contributed by atoms with Gasteiger partial charge in [-0.15, -0.1) is 11.8 Å². The van der Waals surface area contributed by atoms with E-state index in [9.17, 15) is 9.18 Å². The van der Waals surface area contributed by atoms with Gasteiger partial charge in [0.15, 0.2) is 0 Å². The number of likely N-dealkylation sites (tertiary alicyclic amines) is 1. The maximum Gasteiger partial charge on any atom is 0.233 e. The van der Waals surface area contributed by atoms with Crippen molar-refractivity contribution in [3.8, 4) is 5.88 Å². The average Bonchev–Trinajstić information content (AvgIpc) is 2.62. The lowest BCUT2D eigenvalue weighted by atomic mass is 10.1. The highest BCUT2D eigenvalue weighted by Crippen LogP contribution is 2.21. The number of rotatable bonds is 5. The number of hydrogen-bond donors (Lipinski definition) is 0. The monoisotopic (exact) mass is 347 g/mol. The van der Waals surface area contributed by atoms with Gasteiger partial charge in [0.25, 0.3) is 0 Å². The van der Waals surface area contributed by atoms with E-state index in [-0.39, 0.29) is 17.8 Å². The zero-order valence-corrected chi connectivity index (χ0v) is 13.9. The first-order valence-electron chi connectivity index (χ1n) is 7.79. The van der Waals surface area contributed by atoms with Crippen LogP contribution in [0.15, 0.2) is 47.8 Å². The van der Waals surface area contributed by atoms with Gasteiger partial charge in [0, 0.05) is 23.8 Å². The molecule has 0 N–H and O–H groups in total. The molecule has 0 spiro atoms. The molecule has 1 aliphatic rings. The summed E-state index contributed by atoms with van der Waals surface area (Å²) in [5, 5.41) is 0. The number of carbonyl (C=O) groups excluding carboxylic acids is 1. The third kappa shape index (κ3) is 4.67. The zero-order valence-electron chi connectivity index (χ0n) is 13.1. The van der Waals surface area contributed by atoms with Crippen LogP contribution in [0, 0.1) is 5.82 Å². The van der Waals surface area contributed by atoms with E-state index in [1.807, 2.05) is 4.90 Å². The fourth-order valence-electron chi connectivity index (χ4n) is 2.55. The predicted molar refractivity (Wildman–Crippen MR) is 89.4 cm³/mol. The van der Waals surface area contributed by atoms with Gasteiger partial charge in [-0.1, -0.05) is 0 Å². The summed E-state index contributed by atoms with van der Waals surface area (Å²) in [7, 11) is 0. The number of piperidine rings is 1. The van der Waals surface area contributed by atoms with Gasteiger partial charge in [0.1, 0.15) is 11.9 Å². The van der Waals surface area contributed by atoms with Gasteiger partial charge in [0.2, 0.25) is 11.8 Å². The van der Waals surface area contributed by atoms with Crippen molar-refractivity contribution in [1.29, 1.82) is 0 Å². The molecule has 1 unspecified atom stereocenters. The van der Waals surface area contributed by atoms with Crippen LogP contribution in [0.1, 0.15) is 12.8 Å². The minimum absolute atomic E-state index is 0.0600. The Morgan fingerprint density at radius 2 is 2.17 bits per heavy atom. The number of benzene rings is 1. The Balaban J connectivity index is 1.50. The summed E-state index contributed by atoms with van der Waals surface area (Å²) in [5.41, 5.74) is 0. The minimum Gasteiger partial charge on any atom is -0.471 e. The van der Waals surface area contributed by atoms with Crippen LogP contribution in [0.2, 0.25) is 0 Å². The Kier molecular flexibility index (Phi) is 5.63. The van der Waals surface area contributed by atoms with Crippen LogP contribution >= 0.6 is 11.8 Å². The van der Waals surface area contributed by atoms with Crippen LogP contribution in [0.5, 0.6) is 5.88 Å². The van der Waals surface area contributed by atoms with Gasteiger partial charge in [0.05, 0.1) is 18.5 Å². The van der Waals surface area contributed by atoms with Crippen LogP contribution in [0.25, 0.3) is 0 Å². The van der Waals surface area contributed by atoms with Gasteiger partial charge in [-0.2, -0.15) is 0 Å². The molecule has 126 valence electrons. The fraction of sp³-hybridized carbons (Fsp3) is 0.353. The van der Waals surface area contributed by atoms with Crippen molar-refractivity contribution < 1.29 is 13.9 Å². The molecule has 1 saturated heterocycles. The number of ether oxygens (including phenoxy) is 1. The van der Waals surface area contributed by atoms with Crippen LogP contribution in [-0.4, -0.2) is 45.7 Å². The Labute approximate surface area is 144 Å². The molecule has 0 saturated carbocycles. The number of carbonyl (C=O) groups is 1. The lowest BCUT2D eigenvalue weighted by Crippen LogP contribution is -2.45. The highest BCUT2D eigenvalue weighted by molar-refractivity contribution is 8.00. The van der Waals surface area contributed by atoms with E-state index in [0.717, 1.165) is 24.3 Å². The van der Waals surface area contributed by atoms with Gasteiger partial charge >= 0.3 is 0 Å². The molecule has 0 aliphatic carbocycles. The van der Waals surface area contributed by atoms with E-state index in [0.29, 0.717) is 18.2 Å². The molecule has 1 aliphatic heterocycles. The van der Waals surface area contributed by atoms with Crippen molar-refractivity contribution in [2.24, 2.45) is 0 Å². The van der Waals surface area contributed by atoms with Crippen molar-refractivity contribution in [3.63, 3.8) is 0 Å². The van der Waals surface area contributed by atoms with E-state index in [2.05, 4.69) is 9.97 Å². The molecule has 1 aromatic heterocycles. The smallest absolute Gasteiger partial charge is 0.233 e. The van der Waals surface area contributed by atoms with Gasteiger partial charge in [-0.05, 0) is 37.1 Å². The van der Waals surface area contributed by atoms with Crippen LogP contribution in [0.4, 0.5) is 4.39 Å². The predicted octanol–water partition coefficient (Wildman–Crippen LogP) is 2.78. The van der Waals surface area contributed by atoms with Crippen LogP contribution < -0.4 is 4.74 Å². The number of aromatic nitrogens is 2. The van der Waals surface area contributed by atoms with Crippen molar-refractivity contribution in [2.75, 3.05) is 18.8 Å². The lowest BCUT2D eigenvalue weighted by molar-refractivity contribution is -0.130. The molecule has 3 rings (SSSR count). The average molecular weight is 347 g/mol. The second-order valence-corrected chi connectivity index (χ2v) is 6.56. The second-order valence-electron chi connectivity index (χ2n) is 5.51. The molecule has 2 aromatic rings. The molecule has 1 aromatic carbocycles. The summed E-state index contributed by atoms with van der Waals surface area (Å²) in [6.45, 7) is 1.29. The van der Waals surface area contributed by atoms with Gasteiger partial charge in [-0.25, -0.2) is 9.37 Å². The Morgan fingerprint density at radius 1 is 1.33 bits per heavy atom. The highest BCUT2D eigenvalue weighted by Gasteiger charge is 2.25. The van der Waals surface area contributed by atoms with Gasteiger partial charge < -0.3 is 9.64 Å². The first-order valence-corrected chi connectivity index (χ1v) is 8.78. The first kappa shape index (κ1) is 16.7. The van der Waals surface area contributed by atoms with E-state index >= 15 is 0 Å². The van der Waals surface area contributed by atoms with E-state index < -0.39 is 0 Å². The SMILES string of the molecule is O=C(CSc1ccc(F)cc1)N1CCCC(Oc2cnccn2)C1. The number of hydrogen-bond acceptors (Lipinski definition) is 5. The summed E-state index contributed by atoms with van der Waals surface area (Å²) >= 11 is 1.42. The maximum atomic E-state index is 12.9. The molecular formula is C17H18FN3O2S. The lowest BCUT2D eigenvalue weighted by Gasteiger charge is -2.32. The third-order valence-electron chi connectivity index (χ3n) is 3.73. The number of halogens is 1. The molecular weight excluding hydrogens is 329 g/mol. The van der Waals surface area contributed by atoms with Crippen molar-refractivity contribution >= 4 is 17.7 Å². The summed E-state index contributed by atoms with van der Waals surface area (Å²) in [6.07, 6.45) is 6.49. The Morgan fingerprint density at radius 3 is 2.92 bits per heavy atom. The van der Waals surface area contributed by atoms with Crippen LogP contribution in [-0.2, 0) is 4.79 Å². The third-order valence-corrected chi connectivity index (χ3v) is 4.73. The molecule has 0 bridgehead atoms. The van der Waals surface area contributed by atoms with E-state index in [1.54, 1.807) is 30.7 Å². The minimum atomic E-state index is -0.272. The topological polar surface area (TPSA) is 55.3 Å². The quantitative estimate of drug-likeness (QED) is 0.779. The largest absolute Gasteiger partial charge is 0.471 e. The van der Waals surface area contributed by atoms with Gasteiger partial charge in [-0.3, -0.25) is 9.78 Å². The molecule has 1 atom stereocenters. The standard InChI is InChI=1S/C17H18FN3O2S/c18-13-3-5-15(6-4-13)24-12-17(22)21-9-1-2-14(11-21)23-16-10-19-7-8-20-16/h3-8,10,14H,1-2,9,11-12H2. The van der Waals surface area contributed by atoms with Crippen LogP contribution in [0.3, 0.4) is 0 Å². The van der Waals surface area contributed by atoms with Crippen molar-refractivity contribution in [1.82, 2.24) is 14.9 Å². The number of amides is 1. The maximum absolute atomic E-state index is 12.9. The zero-order chi connectivity index (χ0) is 16.8. The number of thioether (sulfide) groups is 1.